The standard InChI is InChI=1S/C12H16F2N2S/c1-17-12-7-10(13)9(6-11(12)14)8-16-4-2-15-3-5-16/h6-7,15H,2-5,8H2,1H3. The highest BCUT2D eigenvalue weighted by Gasteiger charge is 2.14. The Hall–Kier alpha value is -0.650. The molecule has 0 bridgehead atoms. The van der Waals surface area contributed by atoms with Gasteiger partial charge in [-0.15, -0.1) is 11.8 Å². The Morgan fingerprint density at radius 3 is 2.59 bits per heavy atom. The molecule has 0 spiro atoms. The minimum absolute atomic E-state index is 0.311. The van der Waals surface area contributed by atoms with Crippen molar-refractivity contribution in [2.45, 2.75) is 11.4 Å². The summed E-state index contributed by atoms with van der Waals surface area (Å²) >= 11 is 1.23. The summed E-state index contributed by atoms with van der Waals surface area (Å²) in [5.74, 6) is -0.640. The zero-order chi connectivity index (χ0) is 12.3. The molecule has 0 saturated carbocycles. The van der Waals surface area contributed by atoms with E-state index < -0.39 is 0 Å². The van der Waals surface area contributed by atoms with Gasteiger partial charge in [0.05, 0.1) is 0 Å². The van der Waals surface area contributed by atoms with Crippen LogP contribution in [0, 0.1) is 11.6 Å². The van der Waals surface area contributed by atoms with E-state index in [1.165, 1.54) is 23.9 Å². The molecular weight excluding hydrogens is 242 g/mol. The lowest BCUT2D eigenvalue weighted by atomic mass is 10.2. The minimum atomic E-state index is -0.330. The topological polar surface area (TPSA) is 15.3 Å². The Morgan fingerprint density at radius 2 is 1.94 bits per heavy atom. The molecule has 0 amide bonds. The second-order valence-corrected chi connectivity index (χ2v) is 4.95. The van der Waals surface area contributed by atoms with Crippen LogP contribution in [0.1, 0.15) is 5.56 Å². The highest BCUT2D eigenvalue weighted by molar-refractivity contribution is 7.98. The number of benzene rings is 1. The quantitative estimate of drug-likeness (QED) is 0.836. The Bertz CT molecular complexity index is 392. The van der Waals surface area contributed by atoms with Gasteiger partial charge in [-0.2, -0.15) is 0 Å². The Labute approximate surface area is 104 Å². The van der Waals surface area contributed by atoms with Crippen molar-refractivity contribution in [3.8, 4) is 0 Å². The summed E-state index contributed by atoms with van der Waals surface area (Å²) in [6.45, 7) is 4.07. The van der Waals surface area contributed by atoms with Crippen molar-refractivity contribution in [1.82, 2.24) is 10.2 Å². The van der Waals surface area contributed by atoms with E-state index in [0.717, 1.165) is 26.2 Å². The molecule has 1 heterocycles. The molecule has 1 aromatic carbocycles. The van der Waals surface area contributed by atoms with E-state index in [9.17, 15) is 8.78 Å². The van der Waals surface area contributed by atoms with Crippen LogP contribution in [0.5, 0.6) is 0 Å². The lowest BCUT2D eigenvalue weighted by Crippen LogP contribution is -2.43. The minimum Gasteiger partial charge on any atom is -0.314 e. The number of halogens is 2. The van der Waals surface area contributed by atoms with Gasteiger partial charge in [0.25, 0.3) is 0 Å². The molecule has 0 aromatic heterocycles. The van der Waals surface area contributed by atoms with Crippen molar-refractivity contribution >= 4 is 11.8 Å². The molecule has 17 heavy (non-hydrogen) atoms. The van der Waals surface area contributed by atoms with Gasteiger partial charge in [-0.3, -0.25) is 4.90 Å². The summed E-state index contributed by atoms with van der Waals surface area (Å²) < 4.78 is 27.3. The second-order valence-electron chi connectivity index (χ2n) is 4.10. The number of thioether (sulfide) groups is 1. The zero-order valence-electron chi connectivity index (χ0n) is 9.80. The SMILES string of the molecule is CSc1cc(F)c(CN2CCNCC2)cc1F. The van der Waals surface area contributed by atoms with E-state index in [4.69, 9.17) is 0 Å². The average molecular weight is 258 g/mol. The lowest BCUT2D eigenvalue weighted by molar-refractivity contribution is 0.230. The molecule has 5 heteroatoms. The molecule has 0 atom stereocenters. The molecule has 1 aliphatic heterocycles. The zero-order valence-corrected chi connectivity index (χ0v) is 10.6. The highest BCUT2D eigenvalue weighted by Crippen LogP contribution is 2.23. The third-order valence-electron chi connectivity index (χ3n) is 2.92. The predicted octanol–water partition coefficient (Wildman–Crippen LogP) is 2.09. The maximum atomic E-state index is 13.7. The summed E-state index contributed by atoms with van der Waals surface area (Å²) in [5.41, 5.74) is 0.446. The highest BCUT2D eigenvalue weighted by atomic mass is 32.2. The maximum absolute atomic E-state index is 13.7. The number of piperazine rings is 1. The first kappa shape index (κ1) is 12.8. The van der Waals surface area contributed by atoms with Crippen molar-refractivity contribution in [2.75, 3.05) is 32.4 Å². The molecular formula is C12H16F2N2S. The van der Waals surface area contributed by atoms with Gasteiger partial charge >= 0.3 is 0 Å². The van der Waals surface area contributed by atoms with Gasteiger partial charge < -0.3 is 5.32 Å². The number of nitrogens with one attached hydrogen (secondary N) is 1. The molecule has 1 saturated heterocycles. The van der Waals surface area contributed by atoms with E-state index in [1.54, 1.807) is 6.26 Å². The van der Waals surface area contributed by atoms with Crippen LogP contribution in [0.3, 0.4) is 0 Å². The van der Waals surface area contributed by atoms with Gasteiger partial charge in [0.2, 0.25) is 0 Å². The van der Waals surface area contributed by atoms with Crippen LogP contribution in [0.25, 0.3) is 0 Å². The number of nitrogens with zero attached hydrogens (tertiary/aromatic N) is 1. The third kappa shape index (κ3) is 3.18. The van der Waals surface area contributed by atoms with E-state index in [1.807, 2.05) is 0 Å². The number of hydrogen-bond donors (Lipinski definition) is 1. The second kappa shape index (κ2) is 5.80. The van der Waals surface area contributed by atoms with E-state index in [0.29, 0.717) is 17.0 Å². The number of hydrogen-bond acceptors (Lipinski definition) is 3. The molecule has 1 N–H and O–H groups in total. The van der Waals surface area contributed by atoms with Crippen LogP contribution in [0.4, 0.5) is 8.78 Å². The molecule has 1 aromatic rings. The van der Waals surface area contributed by atoms with Crippen LogP contribution < -0.4 is 5.32 Å². The molecule has 0 aliphatic carbocycles. The van der Waals surface area contributed by atoms with Crippen LogP contribution in [-0.4, -0.2) is 37.3 Å². The maximum Gasteiger partial charge on any atom is 0.137 e. The van der Waals surface area contributed by atoms with Crippen molar-refractivity contribution in [2.24, 2.45) is 0 Å². The fourth-order valence-electron chi connectivity index (χ4n) is 1.96. The van der Waals surface area contributed by atoms with Crippen LogP contribution >= 0.6 is 11.8 Å². The smallest absolute Gasteiger partial charge is 0.137 e. The van der Waals surface area contributed by atoms with E-state index in [2.05, 4.69) is 10.2 Å². The van der Waals surface area contributed by atoms with Crippen LogP contribution in [-0.2, 0) is 6.54 Å². The van der Waals surface area contributed by atoms with Crippen molar-refractivity contribution in [1.29, 1.82) is 0 Å². The van der Waals surface area contributed by atoms with Gasteiger partial charge in [-0.1, -0.05) is 0 Å². The normalized spacial score (nSPS) is 17.4. The summed E-state index contributed by atoms with van der Waals surface area (Å²) in [6.07, 6.45) is 1.74. The Morgan fingerprint density at radius 1 is 1.24 bits per heavy atom. The Kier molecular flexibility index (Phi) is 4.36. The van der Waals surface area contributed by atoms with Crippen molar-refractivity contribution < 1.29 is 8.78 Å². The van der Waals surface area contributed by atoms with E-state index in [-0.39, 0.29) is 11.6 Å². The van der Waals surface area contributed by atoms with Crippen molar-refractivity contribution in [3.63, 3.8) is 0 Å². The summed E-state index contributed by atoms with van der Waals surface area (Å²) in [6, 6.07) is 2.61. The van der Waals surface area contributed by atoms with Crippen LogP contribution in [0.15, 0.2) is 17.0 Å². The lowest BCUT2D eigenvalue weighted by Gasteiger charge is -2.27. The first-order chi connectivity index (χ1) is 8.20. The first-order valence-corrected chi connectivity index (χ1v) is 6.88. The third-order valence-corrected chi connectivity index (χ3v) is 3.68. The monoisotopic (exact) mass is 258 g/mol. The molecule has 1 fully saturated rings. The van der Waals surface area contributed by atoms with Gasteiger partial charge in [-0.05, 0) is 18.4 Å². The molecule has 2 nitrogen and oxygen atoms in total. The van der Waals surface area contributed by atoms with Crippen molar-refractivity contribution in [3.05, 3.63) is 29.3 Å². The molecule has 0 radical (unpaired) electrons. The fourth-order valence-corrected chi connectivity index (χ4v) is 2.43. The average Bonchev–Trinajstić information content (AvgIpc) is 2.34. The number of rotatable bonds is 3. The fraction of sp³-hybridized carbons (Fsp3) is 0.500. The first-order valence-electron chi connectivity index (χ1n) is 5.65. The largest absolute Gasteiger partial charge is 0.314 e. The van der Waals surface area contributed by atoms with Gasteiger partial charge in [-0.25, -0.2) is 8.78 Å². The predicted molar refractivity (Wildman–Crippen MR) is 66.3 cm³/mol. The van der Waals surface area contributed by atoms with Gasteiger partial charge in [0.1, 0.15) is 11.6 Å². The summed E-state index contributed by atoms with van der Waals surface area (Å²) in [4.78, 5) is 2.50. The summed E-state index contributed by atoms with van der Waals surface area (Å²) in [7, 11) is 0. The Balaban J connectivity index is 2.12. The van der Waals surface area contributed by atoms with Crippen LogP contribution in [0.2, 0.25) is 0 Å². The molecule has 94 valence electrons. The molecule has 0 unspecified atom stereocenters. The van der Waals surface area contributed by atoms with Gasteiger partial charge in [0.15, 0.2) is 0 Å². The summed E-state index contributed by atoms with van der Waals surface area (Å²) in [5, 5.41) is 3.23. The van der Waals surface area contributed by atoms with E-state index >= 15 is 0 Å². The van der Waals surface area contributed by atoms with Gasteiger partial charge in [0, 0.05) is 43.2 Å². The molecule has 1 aliphatic rings. The molecule has 2 rings (SSSR count).